The van der Waals surface area contributed by atoms with Crippen LogP contribution in [0, 0.1) is 17.2 Å². The summed E-state index contributed by atoms with van der Waals surface area (Å²) in [6, 6.07) is 11.8. The number of nitriles is 1. The first-order chi connectivity index (χ1) is 12.7. The lowest BCUT2D eigenvalue weighted by Gasteiger charge is -2.23. The molecule has 0 amide bonds. The first-order valence-corrected chi connectivity index (χ1v) is 9.05. The number of hydrogen-bond acceptors (Lipinski definition) is 4. The molecule has 7 heteroatoms. The van der Waals surface area contributed by atoms with Gasteiger partial charge in [0.05, 0.1) is 11.4 Å². The van der Waals surface area contributed by atoms with E-state index in [0.717, 1.165) is 18.7 Å². The van der Waals surface area contributed by atoms with Gasteiger partial charge in [-0.3, -0.25) is 4.99 Å². The van der Waals surface area contributed by atoms with Crippen molar-refractivity contribution in [3.8, 4) is 11.8 Å². The predicted octanol–water partition coefficient (Wildman–Crippen LogP) is 1.96. The molecule has 1 aromatic heterocycles. The summed E-state index contributed by atoms with van der Waals surface area (Å²) < 4.78 is 1.62. The van der Waals surface area contributed by atoms with Crippen LogP contribution in [0.15, 0.2) is 35.3 Å². The molecule has 0 aliphatic heterocycles. The van der Waals surface area contributed by atoms with Gasteiger partial charge in [-0.05, 0) is 43.7 Å². The van der Waals surface area contributed by atoms with E-state index < -0.39 is 0 Å². The van der Waals surface area contributed by atoms with Gasteiger partial charge in [0.2, 0.25) is 0 Å². The molecule has 1 aromatic carbocycles. The molecule has 1 aliphatic rings. The summed E-state index contributed by atoms with van der Waals surface area (Å²) in [5, 5.41) is 17.1. The normalized spacial score (nSPS) is 14.7. The van der Waals surface area contributed by atoms with Crippen LogP contribution in [0.1, 0.15) is 36.9 Å². The largest absolute Gasteiger partial charge is 0.382 e. The maximum atomic E-state index is 9.42. The van der Waals surface area contributed by atoms with E-state index in [-0.39, 0.29) is 0 Å². The van der Waals surface area contributed by atoms with E-state index in [9.17, 15) is 5.26 Å². The van der Waals surface area contributed by atoms with Crippen molar-refractivity contribution in [2.45, 2.75) is 32.1 Å². The summed E-state index contributed by atoms with van der Waals surface area (Å²) in [7, 11) is 0. The minimum Gasteiger partial charge on any atom is -0.382 e. The molecule has 3 rings (SSSR count). The molecule has 1 saturated carbocycles. The van der Waals surface area contributed by atoms with Gasteiger partial charge in [-0.25, -0.2) is 4.68 Å². The number of hydrogen-bond donors (Lipinski definition) is 3. The molecular formula is C19H25N7. The van der Waals surface area contributed by atoms with Crippen LogP contribution in [0.4, 0.5) is 5.82 Å². The van der Waals surface area contributed by atoms with Gasteiger partial charge in [-0.15, -0.1) is 0 Å². The van der Waals surface area contributed by atoms with E-state index in [2.05, 4.69) is 21.5 Å². The van der Waals surface area contributed by atoms with Crippen LogP contribution < -0.4 is 16.8 Å². The van der Waals surface area contributed by atoms with Crippen molar-refractivity contribution in [3.63, 3.8) is 0 Å². The Morgan fingerprint density at radius 2 is 2.12 bits per heavy atom. The second-order valence-electron chi connectivity index (χ2n) is 6.62. The van der Waals surface area contributed by atoms with Crippen molar-refractivity contribution in [1.82, 2.24) is 15.1 Å². The standard InChI is InChI=1S/C19H25N7/c20-12-16-17(25-26(18(16)21)15-8-2-1-3-9-15)10-5-11-23-19(22)24-13-14-6-4-7-14/h1-3,8-9,14H,4-7,10-11,13,21H2,(H3,22,23,24). The molecule has 1 aliphatic carbocycles. The molecule has 2 aromatic rings. The van der Waals surface area contributed by atoms with Crippen molar-refractivity contribution < 1.29 is 0 Å². The quantitative estimate of drug-likeness (QED) is 0.400. The van der Waals surface area contributed by atoms with Crippen LogP contribution in [0.5, 0.6) is 0 Å². The fourth-order valence-corrected chi connectivity index (χ4v) is 2.97. The number of anilines is 1. The molecule has 26 heavy (non-hydrogen) atoms. The van der Waals surface area contributed by atoms with Crippen LogP contribution in [0.3, 0.4) is 0 Å². The molecule has 0 radical (unpaired) electrons. The third-order valence-corrected chi connectivity index (χ3v) is 4.75. The van der Waals surface area contributed by atoms with Gasteiger partial charge in [0.25, 0.3) is 0 Å². The average Bonchev–Trinajstić information content (AvgIpc) is 2.93. The van der Waals surface area contributed by atoms with Gasteiger partial charge in [-0.1, -0.05) is 24.6 Å². The third-order valence-electron chi connectivity index (χ3n) is 4.75. The summed E-state index contributed by atoms with van der Waals surface area (Å²) >= 11 is 0. The number of aromatic nitrogens is 2. The van der Waals surface area contributed by atoms with Crippen LogP contribution >= 0.6 is 0 Å². The second-order valence-corrected chi connectivity index (χ2v) is 6.62. The lowest BCUT2D eigenvalue weighted by Crippen LogP contribution is -2.33. The zero-order chi connectivity index (χ0) is 18.4. The van der Waals surface area contributed by atoms with Crippen LogP contribution in [0.25, 0.3) is 5.69 Å². The monoisotopic (exact) mass is 351 g/mol. The van der Waals surface area contributed by atoms with Crippen molar-refractivity contribution in [3.05, 3.63) is 41.6 Å². The maximum Gasteiger partial charge on any atom is 0.188 e. The number of rotatable bonds is 7. The molecule has 0 unspecified atom stereocenters. The molecule has 1 fully saturated rings. The molecular weight excluding hydrogens is 326 g/mol. The molecule has 0 atom stereocenters. The van der Waals surface area contributed by atoms with Crippen LogP contribution in [-0.2, 0) is 6.42 Å². The number of guanidine groups is 1. The highest BCUT2D eigenvalue weighted by molar-refractivity contribution is 5.77. The Morgan fingerprint density at radius 1 is 1.35 bits per heavy atom. The van der Waals surface area contributed by atoms with Gasteiger partial charge in [-0.2, -0.15) is 10.4 Å². The first kappa shape index (κ1) is 17.8. The van der Waals surface area contributed by atoms with Gasteiger partial charge in [0.15, 0.2) is 5.96 Å². The SMILES string of the molecule is N#Cc1c(CCCNC(N)=NCC2CCC2)nn(-c2ccccc2)c1N. The minimum absolute atomic E-state index is 0.378. The number of nitrogens with one attached hydrogen (secondary N) is 1. The Hall–Kier alpha value is -3.01. The summed E-state index contributed by atoms with van der Waals surface area (Å²) in [5.74, 6) is 1.58. The van der Waals surface area contributed by atoms with Crippen molar-refractivity contribution in [2.75, 3.05) is 18.8 Å². The molecule has 5 N–H and O–H groups in total. The van der Waals surface area contributed by atoms with E-state index in [4.69, 9.17) is 11.5 Å². The Kier molecular flexibility index (Phi) is 5.74. The third kappa shape index (κ3) is 4.14. The van der Waals surface area contributed by atoms with E-state index in [0.29, 0.717) is 41.9 Å². The number of aliphatic imine (C=N–C) groups is 1. The predicted molar refractivity (Wildman–Crippen MR) is 103 cm³/mol. The molecule has 0 bridgehead atoms. The number of nitrogen functional groups attached to an aromatic ring is 1. The summed E-state index contributed by atoms with van der Waals surface area (Å²) in [4.78, 5) is 4.37. The van der Waals surface area contributed by atoms with Gasteiger partial charge in [0.1, 0.15) is 17.5 Å². The molecule has 1 heterocycles. The molecule has 0 spiro atoms. The van der Waals surface area contributed by atoms with Gasteiger partial charge >= 0.3 is 0 Å². The zero-order valence-corrected chi connectivity index (χ0v) is 14.9. The lowest BCUT2D eigenvalue weighted by atomic mass is 9.86. The number of nitrogens with two attached hydrogens (primary N) is 2. The van der Waals surface area contributed by atoms with Crippen molar-refractivity contribution >= 4 is 11.8 Å². The highest BCUT2D eigenvalue weighted by atomic mass is 15.3. The Morgan fingerprint density at radius 3 is 2.77 bits per heavy atom. The highest BCUT2D eigenvalue weighted by Crippen LogP contribution is 2.26. The van der Waals surface area contributed by atoms with Gasteiger partial charge < -0.3 is 16.8 Å². The summed E-state index contributed by atoms with van der Waals surface area (Å²) in [5.41, 5.74) is 14.0. The van der Waals surface area contributed by atoms with Crippen molar-refractivity contribution in [1.29, 1.82) is 5.26 Å². The average molecular weight is 351 g/mol. The van der Waals surface area contributed by atoms with Crippen LogP contribution in [0.2, 0.25) is 0 Å². The van der Waals surface area contributed by atoms with Gasteiger partial charge in [0, 0.05) is 13.1 Å². The Labute approximate surface area is 153 Å². The number of para-hydroxylation sites is 1. The van der Waals surface area contributed by atoms with Crippen molar-refractivity contribution in [2.24, 2.45) is 16.6 Å². The van der Waals surface area contributed by atoms with E-state index >= 15 is 0 Å². The lowest BCUT2D eigenvalue weighted by molar-refractivity contribution is 0.326. The zero-order valence-electron chi connectivity index (χ0n) is 14.9. The molecule has 136 valence electrons. The smallest absolute Gasteiger partial charge is 0.188 e. The van der Waals surface area contributed by atoms with Crippen LogP contribution in [-0.4, -0.2) is 28.8 Å². The fraction of sp³-hybridized carbons (Fsp3) is 0.421. The minimum atomic E-state index is 0.378. The molecule has 7 nitrogen and oxygen atoms in total. The number of nitrogens with zero attached hydrogens (tertiary/aromatic N) is 4. The molecule has 0 saturated heterocycles. The van der Waals surface area contributed by atoms with E-state index in [1.807, 2.05) is 30.3 Å². The summed E-state index contributed by atoms with van der Waals surface area (Å²) in [6.45, 7) is 1.50. The summed E-state index contributed by atoms with van der Waals surface area (Å²) in [6.07, 6.45) is 5.28. The van der Waals surface area contributed by atoms with E-state index in [1.165, 1.54) is 19.3 Å². The first-order valence-electron chi connectivity index (χ1n) is 9.05. The Balaban J connectivity index is 1.55. The highest BCUT2D eigenvalue weighted by Gasteiger charge is 2.17. The van der Waals surface area contributed by atoms with E-state index in [1.54, 1.807) is 4.68 Å². The second kappa shape index (κ2) is 8.39. The topological polar surface area (TPSA) is 118 Å². The number of aryl methyl sites for hydroxylation is 1. The maximum absolute atomic E-state index is 9.42. The fourth-order valence-electron chi connectivity index (χ4n) is 2.97. The Bertz CT molecular complexity index is 797. The number of benzene rings is 1.